The lowest BCUT2D eigenvalue weighted by molar-refractivity contribution is 0.0941. The normalized spacial score (nSPS) is 11.7. The highest BCUT2D eigenvalue weighted by Gasteiger charge is 2.20. The summed E-state index contributed by atoms with van der Waals surface area (Å²) in [6.45, 7) is 5.76. The molecule has 132 valence electrons. The minimum absolute atomic E-state index is 0.160. The lowest BCUT2D eigenvalue weighted by Gasteiger charge is -2.15. The molecular weight excluding hydrogens is 336 g/mol. The summed E-state index contributed by atoms with van der Waals surface area (Å²) in [5, 5.41) is 3.62. The van der Waals surface area contributed by atoms with E-state index in [0.29, 0.717) is 22.1 Å². The minimum Gasteiger partial charge on any atom is -0.493 e. The van der Waals surface area contributed by atoms with E-state index in [1.54, 1.807) is 14.2 Å². The van der Waals surface area contributed by atoms with Gasteiger partial charge in [-0.2, -0.15) is 0 Å². The van der Waals surface area contributed by atoms with Crippen LogP contribution in [-0.2, 0) is 0 Å². The van der Waals surface area contributed by atoms with E-state index in [1.807, 2.05) is 39.0 Å². The number of terminal acetylenes is 1. The summed E-state index contributed by atoms with van der Waals surface area (Å²) in [4.78, 5) is 17.6. The van der Waals surface area contributed by atoms with Gasteiger partial charge in [0.1, 0.15) is 9.88 Å². The van der Waals surface area contributed by atoms with Gasteiger partial charge in [0, 0.05) is 5.56 Å². The highest BCUT2D eigenvalue weighted by atomic mass is 32.1. The maximum absolute atomic E-state index is 12.5. The van der Waals surface area contributed by atoms with Crippen molar-refractivity contribution in [2.75, 3.05) is 14.2 Å². The Morgan fingerprint density at radius 2 is 1.96 bits per heavy atom. The van der Waals surface area contributed by atoms with Crippen molar-refractivity contribution >= 4 is 17.2 Å². The highest BCUT2D eigenvalue weighted by molar-refractivity contribution is 7.17. The molecule has 1 atom stereocenters. The molecule has 0 bridgehead atoms. The molecular formula is C19H22N2O3S. The molecule has 0 spiro atoms. The first-order valence-electron chi connectivity index (χ1n) is 7.88. The largest absolute Gasteiger partial charge is 0.493 e. The van der Waals surface area contributed by atoms with E-state index in [1.165, 1.54) is 11.3 Å². The molecule has 25 heavy (non-hydrogen) atoms. The summed E-state index contributed by atoms with van der Waals surface area (Å²) in [6.07, 6.45) is 5.49. The van der Waals surface area contributed by atoms with Gasteiger partial charge in [-0.1, -0.05) is 19.8 Å². The van der Waals surface area contributed by atoms with E-state index in [4.69, 9.17) is 15.9 Å². The Bertz CT molecular complexity index is 805. The van der Waals surface area contributed by atoms with Gasteiger partial charge in [-0.05, 0) is 31.0 Å². The van der Waals surface area contributed by atoms with Crippen LogP contribution in [0.15, 0.2) is 18.2 Å². The van der Waals surface area contributed by atoms with Crippen LogP contribution in [-0.4, -0.2) is 31.2 Å². The molecule has 0 saturated heterocycles. The first-order chi connectivity index (χ1) is 11.9. The highest BCUT2D eigenvalue weighted by Crippen LogP contribution is 2.35. The zero-order valence-corrected chi connectivity index (χ0v) is 15.9. The van der Waals surface area contributed by atoms with Gasteiger partial charge in [0.25, 0.3) is 5.91 Å². The standard InChI is InChI=1S/C19H22N2O3S/c1-7-14(11(2)3)21-18(22)17-12(4)20-19(25-17)13-8-9-15(23-5)16(10-13)24-6/h1,8-11,14H,2-6H3,(H,21,22). The Labute approximate surface area is 152 Å². The Kier molecular flexibility index (Phi) is 6.05. The van der Waals surface area contributed by atoms with Gasteiger partial charge in [-0.15, -0.1) is 17.8 Å². The number of amides is 1. The third kappa shape index (κ3) is 4.12. The van der Waals surface area contributed by atoms with Crippen LogP contribution >= 0.6 is 11.3 Å². The number of nitrogens with one attached hydrogen (secondary N) is 1. The molecule has 0 fully saturated rings. The number of carbonyl (C=O) groups is 1. The maximum atomic E-state index is 12.5. The molecule has 1 heterocycles. The van der Waals surface area contributed by atoms with E-state index in [-0.39, 0.29) is 17.9 Å². The zero-order valence-electron chi connectivity index (χ0n) is 15.0. The lowest BCUT2D eigenvalue weighted by atomic mass is 10.1. The average Bonchev–Trinajstić information content (AvgIpc) is 3.00. The molecule has 1 unspecified atom stereocenters. The number of hydrogen-bond donors (Lipinski definition) is 1. The number of benzene rings is 1. The van der Waals surface area contributed by atoms with E-state index < -0.39 is 0 Å². The molecule has 1 N–H and O–H groups in total. The quantitative estimate of drug-likeness (QED) is 0.803. The van der Waals surface area contributed by atoms with Crippen LogP contribution in [0.4, 0.5) is 0 Å². The predicted molar refractivity (Wildman–Crippen MR) is 100 cm³/mol. The molecule has 0 aliphatic heterocycles. The second kappa shape index (κ2) is 8.04. The molecule has 1 aromatic heterocycles. The molecule has 0 aliphatic carbocycles. The number of ether oxygens (including phenoxy) is 2. The third-order valence-corrected chi connectivity index (χ3v) is 4.97. The number of carbonyl (C=O) groups excluding carboxylic acids is 1. The van der Waals surface area contributed by atoms with E-state index in [0.717, 1.165) is 10.6 Å². The van der Waals surface area contributed by atoms with Gasteiger partial charge in [0.15, 0.2) is 11.5 Å². The van der Waals surface area contributed by atoms with Crippen LogP contribution in [0.25, 0.3) is 10.6 Å². The Morgan fingerprint density at radius 1 is 1.28 bits per heavy atom. The molecule has 0 radical (unpaired) electrons. The lowest BCUT2D eigenvalue weighted by Crippen LogP contribution is -2.37. The topological polar surface area (TPSA) is 60.5 Å². The SMILES string of the molecule is C#CC(NC(=O)c1sc(-c2ccc(OC)c(OC)c2)nc1C)C(C)C. The summed E-state index contributed by atoms with van der Waals surface area (Å²) in [6, 6.07) is 5.24. The van der Waals surface area contributed by atoms with Crippen LogP contribution in [0.3, 0.4) is 0 Å². The average molecular weight is 358 g/mol. The molecule has 2 aromatic rings. The van der Waals surface area contributed by atoms with Crippen molar-refractivity contribution in [1.82, 2.24) is 10.3 Å². The van der Waals surface area contributed by atoms with Gasteiger partial charge in [-0.3, -0.25) is 4.79 Å². The maximum Gasteiger partial charge on any atom is 0.264 e. The van der Waals surface area contributed by atoms with Crippen LogP contribution in [0.1, 0.15) is 29.2 Å². The molecule has 0 saturated carbocycles. The van der Waals surface area contributed by atoms with Gasteiger partial charge in [-0.25, -0.2) is 4.98 Å². The first-order valence-corrected chi connectivity index (χ1v) is 8.69. The van der Waals surface area contributed by atoms with Crippen LogP contribution in [0.2, 0.25) is 0 Å². The number of rotatable bonds is 6. The number of aromatic nitrogens is 1. The fraction of sp³-hybridized carbons (Fsp3) is 0.368. The summed E-state index contributed by atoms with van der Waals surface area (Å²) < 4.78 is 10.6. The smallest absolute Gasteiger partial charge is 0.264 e. The Morgan fingerprint density at radius 3 is 2.52 bits per heavy atom. The van der Waals surface area contributed by atoms with Gasteiger partial charge < -0.3 is 14.8 Å². The number of methoxy groups -OCH3 is 2. The molecule has 2 rings (SSSR count). The summed E-state index contributed by atoms with van der Waals surface area (Å²) in [7, 11) is 3.17. The van der Waals surface area contributed by atoms with E-state index >= 15 is 0 Å². The monoisotopic (exact) mass is 358 g/mol. The number of nitrogens with zero attached hydrogens (tertiary/aromatic N) is 1. The molecule has 5 nitrogen and oxygen atoms in total. The van der Waals surface area contributed by atoms with Crippen molar-refractivity contribution in [1.29, 1.82) is 0 Å². The first kappa shape index (κ1) is 18.8. The van der Waals surface area contributed by atoms with Crippen molar-refractivity contribution in [3.8, 4) is 34.4 Å². The van der Waals surface area contributed by atoms with Crippen LogP contribution in [0, 0.1) is 25.2 Å². The predicted octanol–water partition coefficient (Wildman–Crippen LogP) is 3.52. The molecule has 1 amide bonds. The van der Waals surface area contributed by atoms with E-state index in [9.17, 15) is 4.79 Å². The zero-order chi connectivity index (χ0) is 18.6. The molecule has 0 aliphatic rings. The Hall–Kier alpha value is -2.52. The molecule has 1 aromatic carbocycles. The van der Waals surface area contributed by atoms with Crippen LogP contribution in [0.5, 0.6) is 11.5 Å². The summed E-state index contributed by atoms with van der Waals surface area (Å²) >= 11 is 1.33. The van der Waals surface area contributed by atoms with Crippen molar-refractivity contribution in [2.24, 2.45) is 5.92 Å². The molecule has 6 heteroatoms. The summed E-state index contributed by atoms with van der Waals surface area (Å²) in [5.41, 5.74) is 1.54. The van der Waals surface area contributed by atoms with Crippen molar-refractivity contribution in [3.05, 3.63) is 28.8 Å². The fourth-order valence-electron chi connectivity index (χ4n) is 2.31. The van der Waals surface area contributed by atoms with Crippen molar-refractivity contribution in [3.63, 3.8) is 0 Å². The van der Waals surface area contributed by atoms with Gasteiger partial charge in [0.2, 0.25) is 0 Å². The second-order valence-corrected chi connectivity index (χ2v) is 6.86. The minimum atomic E-state index is -0.307. The van der Waals surface area contributed by atoms with Crippen molar-refractivity contribution in [2.45, 2.75) is 26.8 Å². The van der Waals surface area contributed by atoms with Crippen LogP contribution < -0.4 is 14.8 Å². The second-order valence-electron chi connectivity index (χ2n) is 5.87. The number of hydrogen-bond acceptors (Lipinski definition) is 5. The van der Waals surface area contributed by atoms with Gasteiger partial charge in [0.05, 0.1) is 26.0 Å². The van der Waals surface area contributed by atoms with Crippen molar-refractivity contribution < 1.29 is 14.3 Å². The Balaban J connectivity index is 2.31. The number of aryl methyl sites for hydroxylation is 1. The number of thiazole rings is 1. The van der Waals surface area contributed by atoms with E-state index in [2.05, 4.69) is 16.2 Å². The third-order valence-electron chi connectivity index (χ3n) is 3.77. The van der Waals surface area contributed by atoms with Gasteiger partial charge >= 0.3 is 0 Å². The summed E-state index contributed by atoms with van der Waals surface area (Å²) in [5.74, 6) is 3.83. The fourth-order valence-corrected chi connectivity index (χ4v) is 3.27.